The van der Waals surface area contributed by atoms with Gasteiger partial charge in [-0.1, -0.05) is 18.3 Å². The minimum absolute atomic E-state index is 0.281. The lowest BCUT2D eigenvalue weighted by molar-refractivity contribution is 0.0240. The van der Waals surface area contributed by atoms with Gasteiger partial charge in [0.1, 0.15) is 28.1 Å². The first-order valence-corrected chi connectivity index (χ1v) is 14.5. The summed E-state index contributed by atoms with van der Waals surface area (Å²) in [5, 5.41) is 15.4. The summed E-state index contributed by atoms with van der Waals surface area (Å²) in [5.74, 6) is -0.337. The van der Waals surface area contributed by atoms with E-state index < -0.39 is 5.60 Å². The molecule has 0 radical (unpaired) electrons. The van der Waals surface area contributed by atoms with Crippen molar-refractivity contribution in [1.82, 2.24) is 19.5 Å². The summed E-state index contributed by atoms with van der Waals surface area (Å²) in [5.41, 5.74) is 5.53. The minimum atomic E-state index is -0.525. The Morgan fingerprint density at radius 2 is 1.85 bits per heavy atom. The largest absolute Gasteiger partial charge is 0.444 e. The highest BCUT2D eigenvalue weighted by Crippen LogP contribution is 2.39. The Kier molecular flexibility index (Phi) is 7.62. The van der Waals surface area contributed by atoms with Crippen molar-refractivity contribution in [3.8, 4) is 17.3 Å². The van der Waals surface area contributed by atoms with Crippen molar-refractivity contribution in [3.63, 3.8) is 0 Å². The monoisotopic (exact) mass is 575 g/mol. The van der Waals surface area contributed by atoms with Gasteiger partial charge in [0.2, 0.25) is 0 Å². The number of amides is 1. The Morgan fingerprint density at radius 1 is 1.17 bits per heavy atom. The molecular weight excluding hydrogens is 541 g/mol. The van der Waals surface area contributed by atoms with E-state index in [4.69, 9.17) is 14.8 Å². The number of aryl methyl sites for hydroxylation is 2. The zero-order valence-electron chi connectivity index (χ0n) is 24.2. The number of hydrogen-bond donors (Lipinski definition) is 0. The number of hydrogen-bond acceptors (Lipinski definition) is 8. The lowest BCUT2D eigenvalue weighted by atomic mass is 10.1. The predicted octanol–water partition coefficient (Wildman–Crippen LogP) is 6.16. The molecule has 1 aromatic carbocycles. The highest BCUT2D eigenvalue weighted by molar-refractivity contribution is 7.16. The third-order valence-corrected chi connectivity index (χ3v) is 8.07. The molecule has 9 nitrogen and oxygen atoms in total. The Hall–Kier alpha value is -4.17. The predicted molar refractivity (Wildman–Crippen MR) is 160 cm³/mol. The molecule has 11 heteroatoms. The number of anilines is 3. The molecule has 1 fully saturated rings. The molecule has 0 spiro atoms. The van der Waals surface area contributed by atoms with Gasteiger partial charge in [0.25, 0.3) is 0 Å². The van der Waals surface area contributed by atoms with Gasteiger partial charge < -0.3 is 19.4 Å². The number of rotatable bonds is 5. The van der Waals surface area contributed by atoms with Crippen LogP contribution < -0.4 is 9.80 Å². The van der Waals surface area contributed by atoms with Crippen LogP contribution in [0.2, 0.25) is 0 Å². The number of aromatic nitrogens is 3. The molecule has 1 saturated heterocycles. The van der Waals surface area contributed by atoms with Crippen molar-refractivity contribution >= 4 is 39.5 Å². The van der Waals surface area contributed by atoms with E-state index in [0.717, 1.165) is 28.3 Å². The Balaban J connectivity index is 1.47. The number of carbonyl (C=O) groups is 1. The summed E-state index contributed by atoms with van der Waals surface area (Å²) in [4.78, 5) is 23.9. The number of carbonyl (C=O) groups excluding carboxylic acids is 1. The quantitative estimate of drug-likeness (QED) is 0.281. The molecule has 1 aliphatic rings. The zero-order valence-corrected chi connectivity index (χ0v) is 25.0. The molecule has 0 saturated carbocycles. The molecule has 41 heavy (non-hydrogen) atoms. The first kappa shape index (κ1) is 28.4. The van der Waals surface area contributed by atoms with Crippen molar-refractivity contribution in [2.45, 2.75) is 46.6 Å². The molecule has 1 aliphatic heterocycles. The van der Waals surface area contributed by atoms with E-state index in [1.165, 1.54) is 23.5 Å². The van der Waals surface area contributed by atoms with E-state index in [0.29, 0.717) is 53.9 Å². The van der Waals surface area contributed by atoms with Gasteiger partial charge in [-0.2, -0.15) is 10.4 Å². The second-order valence-electron chi connectivity index (χ2n) is 11.1. The van der Waals surface area contributed by atoms with Crippen molar-refractivity contribution < 1.29 is 13.9 Å². The lowest BCUT2D eigenvalue weighted by Gasteiger charge is -2.37. The summed E-state index contributed by atoms with van der Waals surface area (Å²) < 4.78 is 21.0. The van der Waals surface area contributed by atoms with Crippen LogP contribution in [-0.4, -0.2) is 64.4 Å². The number of ether oxygens (including phenoxy) is 1. The minimum Gasteiger partial charge on any atom is -0.444 e. The van der Waals surface area contributed by atoms with Crippen LogP contribution >= 0.6 is 11.3 Å². The van der Waals surface area contributed by atoms with Gasteiger partial charge in [0.05, 0.1) is 16.9 Å². The molecule has 0 N–H and O–H groups in total. The van der Waals surface area contributed by atoms with E-state index in [1.807, 2.05) is 44.2 Å². The summed E-state index contributed by atoms with van der Waals surface area (Å²) in [6.07, 6.45) is 0.433. The van der Waals surface area contributed by atoms with E-state index in [2.05, 4.69) is 30.0 Å². The first-order chi connectivity index (χ1) is 19.5. The van der Waals surface area contributed by atoms with E-state index in [9.17, 15) is 14.4 Å². The van der Waals surface area contributed by atoms with Crippen LogP contribution in [0.3, 0.4) is 0 Å². The van der Waals surface area contributed by atoms with Crippen LogP contribution in [0.1, 0.15) is 44.0 Å². The molecular formula is C30H34FN7O2S. The third-order valence-electron chi connectivity index (χ3n) is 7.03. The van der Waals surface area contributed by atoms with Gasteiger partial charge in [0.15, 0.2) is 5.13 Å². The molecule has 5 rings (SSSR count). The van der Waals surface area contributed by atoms with Gasteiger partial charge in [-0.05, 0) is 70.5 Å². The second-order valence-corrected chi connectivity index (χ2v) is 12.1. The van der Waals surface area contributed by atoms with E-state index in [-0.39, 0.29) is 11.9 Å². The fourth-order valence-electron chi connectivity index (χ4n) is 5.01. The van der Waals surface area contributed by atoms with Crippen molar-refractivity contribution in [3.05, 3.63) is 58.5 Å². The summed E-state index contributed by atoms with van der Waals surface area (Å²) in [6, 6.07) is 12.5. The maximum atomic E-state index is 13.5. The SMILES string of the molecule is CCc1nn2c(C)cc(N3CCN(C(=O)OC(C)(C)C)CC3)cc2c1N(C)c1nc(-c2ccc(F)cc2)c(C#N)s1. The molecule has 0 bridgehead atoms. The second kappa shape index (κ2) is 11.0. The van der Waals surface area contributed by atoms with Crippen LogP contribution in [0.5, 0.6) is 0 Å². The van der Waals surface area contributed by atoms with Crippen LogP contribution in [0, 0.1) is 24.1 Å². The normalized spacial score (nSPS) is 13.9. The van der Waals surface area contributed by atoms with E-state index in [1.54, 1.807) is 17.0 Å². The Labute approximate surface area is 243 Å². The van der Waals surface area contributed by atoms with Gasteiger partial charge in [0, 0.05) is 50.2 Å². The fraction of sp³-hybridized carbons (Fsp3) is 0.400. The van der Waals surface area contributed by atoms with Gasteiger partial charge in [-0.3, -0.25) is 0 Å². The topological polar surface area (TPSA) is 90.0 Å². The number of pyridine rings is 1. The molecule has 3 aromatic heterocycles. The van der Waals surface area contributed by atoms with Crippen molar-refractivity contribution in [1.29, 1.82) is 5.26 Å². The number of piperazine rings is 1. The maximum Gasteiger partial charge on any atom is 0.410 e. The van der Waals surface area contributed by atoms with Gasteiger partial charge in [-0.15, -0.1) is 0 Å². The summed E-state index contributed by atoms with van der Waals surface area (Å²) in [6.45, 7) is 12.3. The number of thiazole rings is 1. The summed E-state index contributed by atoms with van der Waals surface area (Å²) >= 11 is 1.30. The molecule has 0 unspecified atom stereocenters. The van der Waals surface area contributed by atoms with Crippen molar-refractivity contribution in [2.75, 3.05) is 43.0 Å². The van der Waals surface area contributed by atoms with Crippen LogP contribution in [-0.2, 0) is 11.2 Å². The Bertz CT molecular complexity index is 1620. The standard InChI is InChI=1S/C30H34FN7O2S/c1-7-23-27(35(6)28-33-26(25(18-32)41-28)20-8-10-21(31)11-9-20)24-17-22(16-19(2)38(24)34-23)36-12-14-37(15-13-36)29(39)40-30(3,4)5/h8-11,16-17H,7,12-15H2,1-6H3. The number of benzene rings is 1. The number of fused-ring (bicyclic) bond motifs is 1. The van der Waals surface area contributed by atoms with Gasteiger partial charge in [-0.25, -0.2) is 18.7 Å². The Morgan fingerprint density at radius 3 is 2.46 bits per heavy atom. The molecule has 214 valence electrons. The first-order valence-electron chi connectivity index (χ1n) is 13.6. The molecule has 0 atom stereocenters. The highest BCUT2D eigenvalue weighted by atomic mass is 32.1. The smallest absolute Gasteiger partial charge is 0.410 e. The van der Waals surface area contributed by atoms with Gasteiger partial charge >= 0.3 is 6.09 Å². The van der Waals surface area contributed by atoms with Crippen LogP contribution in [0.15, 0.2) is 36.4 Å². The maximum absolute atomic E-state index is 13.5. The average Bonchev–Trinajstić information content (AvgIpc) is 3.54. The van der Waals surface area contributed by atoms with Crippen LogP contribution in [0.25, 0.3) is 16.8 Å². The number of nitriles is 1. The zero-order chi connectivity index (χ0) is 29.5. The summed E-state index contributed by atoms with van der Waals surface area (Å²) in [7, 11) is 1.94. The number of nitrogens with zero attached hydrogens (tertiary/aromatic N) is 7. The fourth-order valence-corrected chi connectivity index (χ4v) is 5.87. The van der Waals surface area contributed by atoms with E-state index >= 15 is 0 Å². The molecule has 1 amide bonds. The highest BCUT2D eigenvalue weighted by Gasteiger charge is 2.28. The number of halogens is 1. The average molecular weight is 576 g/mol. The molecule has 4 heterocycles. The molecule has 4 aromatic rings. The van der Waals surface area contributed by atoms with Crippen molar-refractivity contribution in [2.24, 2.45) is 0 Å². The lowest BCUT2D eigenvalue weighted by Crippen LogP contribution is -2.50. The molecule has 0 aliphatic carbocycles. The third kappa shape index (κ3) is 5.70. The van der Waals surface area contributed by atoms with Crippen LogP contribution in [0.4, 0.5) is 25.7 Å².